The molecule has 0 aliphatic rings. The molecule has 0 fully saturated rings. The van der Waals surface area contributed by atoms with E-state index in [2.05, 4.69) is 10.1 Å². The lowest BCUT2D eigenvalue weighted by atomic mass is 9.97. The van der Waals surface area contributed by atoms with Crippen molar-refractivity contribution in [1.82, 2.24) is 5.32 Å². The molecule has 0 heterocycles. The SMILES string of the molecule is COC(=O)CC(NC(C)(C)CO)C(=O)c1ccc(C)cc1. The fourth-order valence-electron chi connectivity index (χ4n) is 1.90. The molecule has 1 aromatic rings. The molecule has 21 heavy (non-hydrogen) atoms. The highest BCUT2D eigenvalue weighted by Gasteiger charge is 2.29. The standard InChI is InChI=1S/C16H23NO4/c1-11-5-7-12(8-6-11)15(20)13(9-14(19)21-4)17-16(2,3)10-18/h5-8,13,17-18H,9-10H2,1-4H3. The Labute approximate surface area is 125 Å². The Morgan fingerprint density at radius 2 is 1.86 bits per heavy atom. The minimum atomic E-state index is -0.734. The summed E-state index contributed by atoms with van der Waals surface area (Å²) in [5, 5.41) is 12.4. The maximum atomic E-state index is 12.5. The number of hydrogen-bond acceptors (Lipinski definition) is 5. The van der Waals surface area contributed by atoms with E-state index in [4.69, 9.17) is 0 Å². The van der Waals surface area contributed by atoms with Crippen LogP contribution in [-0.4, -0.2) is 42.2 Å². The second-order valence-electron chi connectivity index (χ2n) is 5.75. The third-order valence-corrected chi connectivity index (χ3v) is 3.21. The van der Waals surface area contributed by atoms with Gasteiger partial charge in [-0.3, -0.25) is 14.9 Å². The van der Waals surface area contributed by atoms with Gasteiger partial charge in [0.25, 0.3) is 0 Å². The highest BCUT2D eigenvalue weighted by molar-refractivity contribution is 6.01. The molecule has 0 saturated carbocycles. The Morgan fingerprint density at radius 3 is 2.33 bits per heavy atom. The number of nitrogens with one attached hydrogen (secondary N) is 1. The third kappa shape index (κ3) is 5.28. The Balaban J connectivity index is 2.96. The average molecular weight is 293 g/mol. The quantitative estimate of drug-likeness (QED) is 0.588. The Kier molecular flexibility index (Phi) is 6.05. The third-order valence-electron chi connectivity index (χ3n) is 3.21. The van der Waals surface area contributed by atoms with Crippen molar-refractivity contribution in [2.75, 3.05) is 13.7 Å². The van der Waals surface area contributed by atoms with Gasteiger partial charge in [0.15, 0.2) is 5.78 Å². The summed E-state index contributed by atoms with van der Waals surface area (Å²) in [4.78, 5) is 24.1. The fourth-order valence-corrected chi connectivity index (χ4v) is 1.90. The van der Waals surface area contributed by atoms with E-state index in [0.717, 1.165) is 5.56 Å². The van der Waals surface area contributed by atoms with Crippen LogP contribution in [0.15, 0.2) is 24.3 Å². The van der Waals surface area contributed by atoms with Gasteiger partial charge in [0, 0.05) is 11.1 Å². The van der Waals surface area contributed by atoms with Gasteiger partial charge in [-0.2, -0.15) is 0 Å². The molecule has 0 amide bonds. The van der Waals surface area contributed by atoms with Crippen LogP contribution in [0.1, 0.15) is 36.2 Å². The molecular formula is C16H23NO4. The first kappa shape index (κ1) is 17.3. The van der Waals surface area contributed by atoms with E-state index in [0.29, 0.717) is 5.56 Å². The number of ketones is 1. The molecule has 0 aliphatic carbocycles. The van der Waals surface area contributed by atoms with E-state index in [1.165, 1.54) is 7.11 Å². The fraction of sp³-hybridized carbons (Fsp3) is 0.500. The van der Waals surface area contributed by atoms with Gasteiger partial charge < -0.3 is 9.84 Å². The van der Waals surface area contributed by atoms with Crippen LogP contribution in [0.3, 0.4) is 0 Å². The van der Waals surface area contributed by atoms with Crippen LogP contribution in [0.4, 0.5) is 0 Å². The van der Waals surface area contributed by atoms with Gasteiger partial charge in [0.05, 0.1) is 26.2 Å². The Morgan fingerprint density at radius 1 is 1.29 bits per heavy atom. The molecule has 0 aromatic heterocycles. The number of aliphatic hydroxyl groups is 1. The number of benzene rings is 1. The van der Waals surface area contributed by atoms with Gasteiger partial charge in [-0.1, -0.05) is 29.8 Å². The van der Waals surface area contributed by atoms with Crippen molar-refractivity contribution < 1.29 is 19.4 Å². The summed E-state index contributed by atoms with van der Waals surface area (Å²) in [6, 6.07) is 6.42. The molecule has 2 N–H and O–H groups in total. The minimum absolute atomic E-state index is 0.0767. The van der Waals surface area contributed by atoms with E-state index in [1.54, 1.807) is 26.0 Å². The molecule has 0 aliphatic heterocycles. The zero-order chi connectivity index (χ0) is 16.0. The zero-order valence-electron chi connectivity index (χ0n) is 13.0. The molecule has 1 rings (SSSR count). The van der Waals surface area contributed by atoms with Gasteiger partial charge in [0.1, 0.15) is 0 Å². The summed E-state index contributed by atoms with van der Waals surface area (Å²) in [6.45, 7) is 5.32. The number of carbonyl (C=O) groups is 2. The van der Waals surface area contributed by atoms with Crippen LogP contribution in [0, 0.1) is 6.92 Å². The van der Waals surface area contributed by atoms with Gasteiger partial charge in [0.2, 0.25) is 0 Å². The smallest absolute Gasteiger partial charge is 0.307 e. The van der Waals surface area contributed by atoms with Crippen molar-refractivity contribution in [3.05, 3.63) is 35.4 Å². The largest absolute Gasteiger partial charge is 0.469 e. The number of hydrogen-bond donors (Lipinski definition) is 2. The first-order valence-corrected chi connectivity index (χ1v) is 6.85. The van der Waals surface area contributed by atoms with Crippen molar-refractivity contribution in [1.29, 1.82) is 0 Å². The first-order chi connectivity index (χ1) is 9.79. The van der Waals surface area contributed by atoms with Crippen LogP contribution in [0.25, 0.3) is 0 Å². The number of aryl methyl sites for hydroxylation is 1. The lowest BCUT2D eigenvalue weighted by Crippen LogP contribution is -2.52. The normalized spacial score (nSPS) is 12.8. The molecule has 0 bridgehead atoms. The van der Waals surface area contributed by atoms with E-state index in [9.17, 15) is 14.7 Å². The topological polar surface area (TPSA) is 75.6 Å². The summed E-state index contributed by atoms with van der Waals surface area (Å²) in [6.07, 6.45) is -0.0767. The molecule has 0 spiro atoms. The van der Waals surface area contributed by atoms with E-state index < -0.39 is 17.6 Å². The molecule has 1 unspecified atom stereocenters. The summed E-state index contributed by atoms with van der Waals surface area (Å²) >= 11 is 0. The van der Waals surface area contributed by atoms with Crippen LogP contribution in [0.5, 0.6) is 0 Å². The molecule has 5 heteroatoms. The molecule has 0 radical (unpaired) electrons. The number of Topliss-reactive ketones (excluding diaryl/α,β-unsaturated/α-hetero) is 1. The first-order valence-electron chi connectivity index (χ1n) is 6.85. The number of methoxy groups -OCH3 is 1. The number of ether oxygens (including phenoxy) is 1. The average Bonchev–Trinajstić information content (AvgIpc) is 2.46. The van der Waals surface area contributed by atoms with Gasteiger partial charge >= 0.3 is 5.97 Å². The second kappa shape index (κ2) is 7.33. The Hall–Kier alpha value is -1.72. The van der Waals surface area contributed by atoms with Crippen LogP contribution in [-0.2, 0) is 9.53 Å². The van der Waals surface area contributed by atoms with Crippen molar-refractivity contribution >= 4 is 11.8 Å². The lowest BCUT2D eigenvalue weighted by molar-refractivity contribution is -0.141. The molecule has 0 saturated heterocycles. The van der Waals surface area contributed by atoms with Crippen molar-refractivity contribution in [2.45, 2.75) is 38.8 Å². The Bertz CT molecular complexity index is 494. The van der Waals surface area contributed by atoms with Gasteiger partial charge in [-0.15, -0.1) is 0 Å². The van der Waals surface area contributed by atoms with Crippen LogP contribution < -0.4 is 5.32 Å². The lowest BCUT2D eigenvalue weighted by Gasteiger charge is -2.29. The summed E-state index contributed by atoms with van der Waals surface area (Å²) in [5.74, 6) is -0.663. The highest BCUT2D eigenvalue weighted by atomic mass is 16.5. The van der Waals surface area contributed by atoms with Gasteiger partial charge in [-0.05, 0) is 20.8 Å². The molecule has 116 valence electrons. The van der Waals surface area contributed by atoms with Crippen molar-refractivity contribution in [3.8, 4) is 0 Å². The predicted octanol–water partition coefficient (Wildman–Crippen LogP) is 1.47. The number of rotatable bonds is 7. The zero-order valence-corrected chi connectivity index (χ0v) is 13.0. The maximum absolute atomic E-state index is 12.5. The van der Waals surface area contributed by atoms with E-state index in [-0.39, 0.29) is 18.8 Å². The summed E-state index contributed by atoms with van der Waals surface area (Å²) in [7, 11) is 1.28. The second-order valence-corrected chi connectivity index (χ2v) is 5.75. The maximum Gasteiger partial charge on any atom is 0.307 e. The van der Waals surface area contributed by atoms with Crippen LogP contribution >= 0.6 is 0 Å². The van der Waals surface area contributed by atoms with Crippen molar-refractivity contribution in [2.24, 2.45) is 0 Å². The number of aliphatic hydroxyl groups excluding tert-OH is 1. The molecule has 1 atom stereocenters. The van der Waals surface area contributed by atoms with Gasteiger partial charge in [-0.25, -0.2) is 0 Å². The number of esters is 1. The number of carbonyl (C=O) groups excluding carboxylic acids is 2. The molecule has 5 nitrogen and oxygen atoms in total. The summed E-state index contributed by atoms with van der Waals surface area (Å²) in [5.41, 5.74) is 0.912. The molecular weight excluding hydrogens is 270 g/mol. The molecule has 1 aromatic carbocycles. The summed E-state index contributed by atoms with van der Waals surface area (Å²) < 4.78 is 4.64. The highest BCUT2D eigenvalue weighted by Crippen LogP contribution is 2.12. The van der Waals surface area contributed by atoms with E-state index >= 15 is 0 Å². The van der Waals surface area contributed by atoms with Crippen molar-refractivity contribution in [3.63, 3.8) is 0 Å². The minimum Gasteiger partial charge on any atom is -0.469 e. The monoisotopic (exact) mass is 293 g/mol. The van der Waals surface area contributed by atoms with E-state index in [1.807, 2.05) is 19.1 Å². The van der Waals surface area contributed by atoms with Crippen LogP contribution in [0.2, 0.25) is 0 Å². The predicted molar refractivity (Wildman–Crippen MR) is 80.2 cm³/mol.